The fourth-order valence-corrected chi connectivity index (χ4v) is 6.67. The van der Waals surface area contributed by atoms with Crippen LogP contribution >= 0.6 is 27.3 Å². The summed E-state index contributed by atoms with van der Waals surface area (Å²) in [6, 6.07) is 7.42. The Balaban J connectivity index is 1.70. The van der Waals surface area contributed by atoms with Gasteiger partial charge in [0.25, 0.3) is 11.8 Å². The first-order valence-corrected chi connectivity index (χ1v) is 13.4. The van der Waals surface area contributed by atoms with Crippen molar-refractivity contribution in [3.8, 4) is 0 Å². The van der Waals surface area contributed by atoms with E-state index < -0.39 is 0 Å². The van der Waals surface area contributed by atoms with E-state index in [1.165, 1.54) is 23.3 Å². The van der Waals surface area contributed by atoms with Crippen molar-refractivity contribution in [2.24, 2.45) is 11.3 Å². The van der Waals surface area contributed by atoms with Gasteiger partial charge in [-0.1, -0.05) is 45.7 Å². The molecule has 2 amide bonds. The molecule has 1 aliphatic heterocycles. The van der Waals surface area contributed by atoms with Gasteiger partial charge in [0.05, 0.1) is 11.1 Å². The molecule has 2 aliphatic rings. The molecule has 4 nitrogen and oxygen atoms in total. The highest BCUT2D eigenvalue weighted by atomic mass is 79.9. The molecule has 2 heterocycles. The number of anilines is 1. The smallest absolute Gasteiger partial charge is 0.257 e. The number of amides is 2. The van der Waals surface area contributed by atoms with Crippen molar-refractivity contribution in [3.63, 3.8) is 0 Å². The van der Waals surface area contributed by atoms with Crippen LogP contribution < -0.4 is 5.32 Å². The Labute approximate surface area is 203 Å². The van der Waals surface area contributed by atoms with Crippen LogP contribution in [-0.4, -0.2) is 29.8 Å². The standard InChI is InChI=1S/C26H33BrN2O2S/c1-26(2,3)17-12-13-19-21(16-17)32-24(28-23(30)18-10-6-7-11-20(18)27)22(19)25(31)29-14-8-4-5-9-15-29/h6-7,10-11,17H,4-5,8-9,12-16H2,1-3H3,(H,28,30). The minimum absolute atomic E-state index is 0.0982. The van der Waals surface area contributed by atoms with E-state index in [4.69, 9.17) is 0 Å². The third-order valence-electron chi connectivity index (χ3n) is 6.94. The number of rotatable bonds is 3. The van der Waals surface area contributed by atoms with Crippen LogP contribution in [0.15, 0.2) is 28.7 Å². The molecule has 0 spiro atoms. The zero-order valence-corrected chi connectivity index (χ0v) is 21.7. The van der Waals surface area contributed by atoms with Gasteiger partial charge in [0, 0.05) is 22.4 Å². The Hall–Kier alpha value is -1.66. The maximum absolute atomic E-state index is 13.7. The van der Waals surface area contributed by atoms with Gasteiger partial charge in [0.15, 0.2) is 0 Å². The van der Waals surface area contributed by atoms with Crippen molar-refractivity contribution in [2.45, 2.75) is 65.7 Å². The lowest BCUT2D eigenvalue weighted by Gasteiger charge is -2.34. The number of hydrogen-bond donors (Lipinski definition) is 1. The van der Waals surface area contributed by atoms with Crippen molar-refractivity contribution in [1.29, 1.82) is 0 Å². The molecule has 1 aromatic heterocycles. The third kappa shape index (κ3) is 4.96. The number of benzene rings is 1. The largest absolute Gasteiger partial charge is 0.339 e. The molecular weight excluding hydrogens is 484 g/mol. The number of nitrogens with one attached hydrogen (secondary N) is 1. The van der Waals surface area contributed by atoms with E-state index in [2.05, 4.69) is 42.0 Å². The summed E-state index contributed by atoms with van der Waals surface area (Å²) in [6.07, 6.45) is 7.47. The molecule has 0 radical (unpaired) electrons. The minimum atomic E-state index is -0.173. The number of nitrogens with zero attached hydrogens (tertiary/aromatic N) is 1. The van der Waals surface area contributed by atoms with Gasteiger partial charge < -0.3 is 10.2 Å². The zero-order chi connectivity index (χ0) is 22.9. The summed E-state index contributed by atoms with van der Waals surface area (Å²) < 4.78 is 0.756. The Morgan fingerprint density at radius 3 is 2.44 bits per heavy atom. The maximum Gasteiger partial charge on any atom is 0.257 e. The van der Waals surface area contributed by atoms with Crippen molar-refractivity contribution in [3.05, 3.63) is 50.3 Å². The Morgan fingerprint density at radius 2 is 1.78 bits per heavy atom. The highest BCUT2D eigenvalue weighted by Gasteiger charge is 2.35. The second-order valence-corrected chi connectivity index (χ2v) is 12.1. The van der Waals surface area contributed by atoms with Gasteiger partial charge in [-0.25, -0.2) is 0 Å². The van der Waals surface area contributed by atoms with Crippen LogP contribution in [0.5, 0.6) is 0 Å². The first-order chi connectivity index (χ1) is 15.3. The average Bonchev–Trinajstić information content (AvgIpc) is 2.90. The quantitative estimate of drug-likeness (QED) is 0.480. The van der Waals surface area contributed by atoms with Gasteiger partial charge >= 0.3 is 0 Å². The first-order valence-electron chi connectivity index (χ1n) is 11.8. The minimum Gasteiger partial charge on any atom is -0.339 e. The lowest BCUT2D eigenvalue weighted by atomic mass is 9.72. The second-order valence-electron chi connectivity index (χ2n) is 10.2. The predicted molar refractivity (Wildman–Crippen MR) is 136 cm³/mol. The molecule has 4 rings (SSSR count). The van der Waals surface area contributed by atoms with Crippen LogP contribution in [0.3, 0.4) is 0 Å². The van der Waals surface area contributed by atoms with Crippen LogP contribution in [0.25, 0.3) is 0 Å². The Morgan fingerprint density at radius 1 is 1.09 bits per heavy atom. The number of halogens is 1. The Bertz CT molecular complexity index is 1000. The molecule has 1 saturated heterocycles. The molecule has 1 atom stereocenters. The predicted octanol–water partition coefficient (Wildman–Crippen LogP) is 6.93. The molecule has 1 aromatic carbocycles. The molecule has 1 N–H and O–H groups in total. The number of carbonyl (C=O) groups is 2. The van der Waals surface area contributed by atoms with E-state index in [0.29, 0.717) is 11.5 Å². The van der Waals surface area contributed by atoms with Gasteiger partial charge in [-0.2, -0.15) is 0 Å². The van der Waals surface area contributed by atoms with E-state index in [0.717, 1.165) is 60.2 Å². The SMILES string of the molecule is CC(C)(C)C1CCc2c(sc(NC(=O)c3ccccc3Br)c2C(=O)N2CCCCCC2)C1. The fraction of sp³-hybridized carbons (Fsp3) is 0.538. The molecule has 0 bridgehead atoms. The van der Waals surface area contributed by atoms with Crippen molar-refractivity contribution in [2.75, 3.05) is 18.4 Å². The van der Waals surface area contributed by atoms with Gasteiger partial charge in [-0.3, -0.25) is 9.59 Å². The van der Waals surface area contributed by atoms with Crippen molar-refractivity contribution >= 4 is 44.1 Å². The summed E-state index contributed by atoms with van der Waals surface area (Å²) in [7, 11) is 0. The molecule has 32 heavy (non-hydrogen) atoms. The summed E-state index contributed by atoms with van der Waals surface area (Å²) in [5.74, 6) is 0.510. The molecule has 6 heteroatoms. The van der Waals surface area contributed by atoms with E-state index in [9.17, 15) is 9.59 Å². The third-order valence-corrected chi connectivity index (χ3v) is 8.80. The fourth-order valence-electron chi connectivity index (χ4n) is 4.89. The summed E-state index contributed by atoms with van der Waals surface area (Å²) in [5.41, 5.74) is 2.74. The van der Waals surface area contributed by atoms with Gasteiger partial charge in [-0.05, 0) is 77.1 Å². The lowest BCUT2D eigenvalue weighted by molar-refractivity contribution is 0.0761. The molecule has 2 aromatic rings. The van der Waals surface area contributed by atoms with E-state index in [-0.39, 0.29) is 17.2 Å². The van der Waals surface area contributed by atoms with Crippen LogP contribution in [0.4, 0.5) is 5.00 Å². The maximum atomic E-state index is 13.7. The molecular formula is C26H33BrN2O2S. The van der Waals surface area contributed by atoms with Gasteiger partial charge in [0.1, 0.15) is 5.00 Å². The number of hydrogen-bond acceptors (Lipinski definition) is 3. The van der Waals surface area contributed by atoms with Crippen molar-refractivity contribution in [1.82, 2.24) is 4.90 Å². The molecule has 1 unspecified atom stereocenters. The van der Waals surface area contributed by atoms with Crippen molar-refractivity contribution < 1.29 is 9.59 Å². The number of fused-ring (bicyclic) bond motifs is 1. The normalized spacial score (nSPS) is 19.2. The van der Waals surface area contributed by atoms with Crippen LogP contribution in [0.1, 0.15) is 84.0 Å². The topological polar surface area (TPSA) is 49.4 Å². The highest BCUT2D eigenvalue weighted by Crippen LogP contribution is 2.45. The first kappa shape index (κ1) is 23.5. The van der Waals surface area contributed by atoms with Gasteiger partial charge in [-0.15, -0.1) is 11.3 Å². The second kappa shape index (κ2) is 9.68. The van der Waals surface area contributed by atoms with E-state index in [1.807, 2.05) is 23.1 Å². The molecule has 172 valence electrons. The van der Waals surface area contributed by atoms with Gasteiger partial charge in [0.2, 0.25) is 0 Å². The van der Waals surface area contributed by atoms with E-state index >= 15 is 0 Å². The molecule has 0 saturated carbocycles. The van der Waals surface area contributed by atoms with Crippen LogP contribution in [0, 0.1) is 11.3 Å². The number of thiophene rings is 1. The number of carbonyl (C=O) groups excluding carboxylic acids is 2. The average molecular weight is 518 g/mol. The monoisotopic (exact) mass is 516 g/mol. The summed E-state index contributed by atoms with van der Waals surface area (Å²) in [4.78, 5) is 30.1. The lowest BCUT2D eigenvalue weighted by Crippen LogP contribution is -2.33. The van der Waals surface area contributed by atoms with Crippen LogP contribution in [0.2, 0.25) is 0 Å². The van der Waals surface area contributed by atoms with Crippen LogP contribution in [-0.2, 0) is 12.8 Å². The number of likely N-dealkylation sites (tertiary alicyclic amines) is 1. The Kier molecular flexibility index (Phi) is 7.11. The summed E-state index contributed by atoms with van der Waals surface area (Å²) in [5, 5.41) is 3.84. The van der Waals surface area contributed by atoms with E-state index in [1.54, 1.807) is 17.4 Å². The summed E-state index contributed by atoms with van der Waals surface area (Å²) >= 11 is 5.10. The highest BCUT2D eigenvalue weighted by molar-refractivity contribution is 9.10. The zero-order valence-electron chi connectivity index (χ0n) is 19.3. The molecule has 1 fully saturated rings. The summed E-state index contributed by atoms with van der Waals surface area (Å²) in [6.45, 7) is 8.52. The molecule has 1 aliphatic carbocycles.